The Morgan fingerprint density at radius 3 is 2.33 bits per heavy atom. The Kier molecular flexibility index (Phi) is 5.99. The molecule has 1 amide bonds. The van der Waals surface area contributed by atoms with Gasteiger partial charge in [-0.05, 0) is 45.8 Å². The Bertz CT molecular complexity index is 712. The monoisotopic (exact) mass is 397 g/mol. The van der Waals surface area contributed by atoms with Gasteiger partial charge in [0, 0.05) is 0 Å². The van der Waals surface area contributed by atoms with Crippen molar-refractivity contribution in [3.8, 4) is 5.75 Å². The second kappa shape index (κ2) is 7.98. The number of furan rings is 1. The minimum atomic E-state index is -1.30. The van der Waals surface area contributed by atoms with Gasteiger partial charge in [-0.1, -0.05) is 12.1 Å². The Labute approximate surface area is 146 Å². The lowest BCUT2D eigenvalue weighted by molar-refractivity contribution is -0.146. The standard InChI is InChI=1S/C16H16BrNO6/c1-22-10-5-3-9(4-6-10)14(19)13(16(21)23-2)18-15(20)11-7-8-12(17)24-11/h3-8,13-14,19H,1-2H3,(H,18,20). The minimum absolute atomic E-state index is 0.00212. The SMILES string of the molecule is COC(=O)C(NC(=O)c1ccc(Br)o1)C(O)c1ccc(OC)cc1. The van der Waals surface area contributed by atoms with Crippen LogP contribution in [0.25, 0.3) is 0 Å². The molecule has 0 radical (unpaired) electrons. The van der Waals surface area contributed by atoms with Crippen molar-refractivity contribution in [3.05, 3.63) is 52.4 Å². The Hall–Kier alpha value is -2.32. The number of esters is 1. The molecule has 0 aliphatic carbocycles. The van der Waals surface area contributed by atoms with Gasteiger partial charge in [0.15, 0.2) is 16.5 Å². The first-order chi connectivity index (χ1) is 11.5. The zero-order valence-electron chi connectivity index (χ0n) is 13.0. The molecule has 1 aromatic carbocycles. The predicted molar refractivity (Wildman–Crippen MR) is 87.6 cm³/mol. The minimum Gasteiger partial charge on any atom is -0.497 e. The summed E-state index contributed by atoms with van der Waals surface area (Å²) < 4.78 is 15.2. The summed E-state index contributed by atoms with van der Waals surface area (Å²) >= 11 is 3.09. The molecule has 8 heteroatoms. The quantitative estimate of drug-likeness (QED) is 0.723. The number of amides is 1. The first-order valence-electron chi connectivity index (χ1n) is 6.92. The molecule has 2 N–H and O–H groups in total. The fourth-order valence-corrected chi connectivity index (χ4v) is 2.34. The Morgan fingerprint density at radius 2 is 1.83 bits per heavy atom. The largest absolute Gasteiger partial charge is 0.497 e. The third-order valence-electron chi connectivity index (χ3n) is 3.31. The summed E-state index contributed by atoms with van der Waals surface area (Å²) in [6.45, 7) is 0. The van der Waals surface area contributed by atoms with Crippen molar-refractivity contribution < 1.29 is 28.6 Å². The molecule has 0 aliphatic rings. The molecule has 0 aliphatic heterocycles. The van der Waals surface area contributed by atoms with E-state index in [9.17, 15) is 14.7 Å². The number of rotatable bonds is 6. The highest BCUT2D eigenvalue weighted by Crippen LogP contribution is 2.22. The van der Waals surface area contributed by atoms with Crippen LogP contribution in [0.1, 0.15) is 22.2 Å². The summed E-state index contributed by atoms with van der Waals surface area (Å²) in [5, 5.41) is 12.9. The number of carbonyl (C=O) groups is 2. The van der Waals surface area contributed by atoms with E-state index in [0.29, 0.717) is 16.0 Å². The lowest BCUT2D eigenvalue weighted by atomic mass is 10.0. The first-order valence-corrected chi connectivity index (χ1v) is 7.71. The molecule has 0 fully saturated rings. The molecule has 2 unspecified atom stereocenters. The summed E-state index contributed by atoms with van der Waals surface area (Å²) in [7, 11) is 2.69. The van der Waals surface area contributed by atoms with Gasteiger partial charge < -0.3 is 24.3 Å². The number of aliphatic hydroxyl groups excluding tert-OH is 1. The molecular formula is C16H16BrNO6. The van der Waals surface area contributed by atoms with E-state index in [4.69, 9.17) is 9.15 Å². The van der Waals surface area contributed by atoms with Crippen LogP contribution in [0.15, 0.2) is 45.5 Å². The first kappa shape index (κ1) is 18.0. The highest BCUT2D eigenvalue weighted by atomic mass is 79.9. The molecule has 1 heterocycles. The van der Waals surface area contributed by atoms with Crippen LogP contribution in [0.2, 0.25) is 0 Å². The van der Waals surface area contributed by atoms with Crippen molar-refractivity contribution in [2.75, 3.05) is 14.2 Å². The van der Waals surface area contributed by atoms with Crippen molar-refractivity contribution in [2.24, 2.45) is 0 Å². The lowest BCUT2D eigenvalue weighted by Gasteiger charge is -2.22. The highest BCUT2D eigenvalue weighted by molar-refractivity contribution is 9.10. The number of aliphatic hydroxyl groups is 1. The maximum absolute atomic E-state index is 12.2. The van der Waals surface area contributed by atoms with Crippen molar-refractivity contribution >= 4 is 27.8 Å². The van der Waals surface area contributed by atoms with Gasteiger partial charge in [-0.15, -0.1) is 0 Å². The fourth-order valence-electron chi connectivity index (χ4n) is 2.04. The van der Waals surface area contributed by atoms with E-state index in [0.717, 1.165) is 0 Å². The van der Waals surface area contributed by atoms with Gasteiger partial charge in [-0.25, -0.2) is 4.79 Å². The van der Waals surface area contributed by atoms with Crippen LogP contribution in [-0.4, -0.2) is 37.2 Å². The molecule has 0 saturated heterocycles. The van der Waals surface area contributed by atoms with E-state index >= 15 is 0 Å². The summed E-state index contributed by atoms with van der Waals surface area (Å²) in [6, 6.07) is 8.15. The Balaban J connectivity index is 2.20. The molecule has 1 aromatic heterocycles. The van der Waals surface area contributed by atoms with Gasteiger partial charge >= 0.3 is 5.97 Å². The van der Waals surface area contributed by atoms with Crippen molar-refractivity contribution in [3.63, 3.8) is 0 Å². The van der Waals surface area contributed by atoms with Crippen LogP contribution < -0.4 is 10.1 Å². The third-order valence-corrected chi connectivity index (χ3v) is 3.74. The number of hydrogen-bond acceptors (Lipinski definition) is 6. The zero-order valence-corrected chi connectivity index (χ0v) is 14.6. The number of carbonyl (C=O) groups excluding carboxylic acids is 2. The topological polar surface area (TPSA) is 98.0 Å². The van der Waals surface area contributed by atoms with E-state index in [1.54, 1.807) is 30.3 Å². The fraction of sp³-hybridized carbons (Fsp3) is 0.250. The zero-order chi connectivity index (χ0) is 17.7. The summed E-state index contributed by atoms with van der Waals surface area (Å²) in [6.07, 6.45) is -1.30. The van der Waals surface area contributed by atoms with E-state index < -0.39 is 24.0 Å². The highest BCUT2D eigenvalue weighted by Gasteiger charge is 2.31. The molecule has 2 atom stereocenters. The van der Waals surface area contributed by atoms with E-state index in [1.165, 1.54) is 20.3 Å². The van der Waals surface area contributed by atoms with Crippen LogP contribution in [0.4, 0.5) is 0 Å². The van der Waals surface area contributed by atoms with E-state index in [1.807, 2.05) is 0 Å². The van der Waals surface area contributed by atoms with Gasteiger partial charge in [0.25, 0.3) is 5.91 Å². The lowest BCUT2D eigenvalue weighted by Crippen LogP contribution is -2.45. The van der Waals surface area contributed by atoms with Crippen molar-refractivity contribution in [1.82, 2.24) is 5.32 Å². The van der Waals surface area contributed by atoms with E-state index in [2.05, 4.69) is 26.0 Å². The molecule has 0 spiro atoms. The van der Waals surface area contributed by atoms with Crippen molar-refractivity contribution in [2.45, 2.75) is 12.1 Å². The molecule has 2 rings (SSSR count). The second-order valence-corrected chi connectivity index (χ2v) is 5.58. The molecular weight excluding hydrogens is 382 g/mol. The average molecular weight is 398 g/mol. The van der Waals surface area contributed by atoms with Crippen LogP contribution in [0, 0.1) is 0 Å². The van der Waals surface area contributed by atoms with Crippen LogP contribution in [0.5, 0.6) is 5.75 Å². The number of halogens is 1. The normalized spacial score (nSPS) is 13.0. The van der Waals surface area contributed by atoms with E-state index in [-0.39, 0.29) is 5.76 Å². The maximum atomic E-state index is 12.2. The summed E-state index contributed by atoms with van der Waals surface area (Å²) in [4.78, 5) is 24.1. The molecule has 7 nitrogen and oxygen atoms in total. The molecule has 0 saturated carbocycles. The number of nitrogens with one attached hydrogen (secondary N) is 1. The smallest absolute Gasteiger partial charge is 0.331 e. The Morgan fingerprint density at radius 1 is 1.17 bits per heavy atom. The van der Waals surface area contributed by atoms with Crippen LogP contribution in [0.3, 0.4) is 0 Å². The van der Waals surface area contributed by atoms with Crippen molar-refractivity contribution in [1.29, 1.82) is 0 Å². The summed E-state index contributed by atoms with van der Waals surface area (Å²) in [5.41, 5.74) is 0.423. The van der Waals surface area contributed by atoms with Gasteiger partial charge in [-0.2, -0.15) is 0 Å². The number of benzene rings is 1. The maximum Gasteiger partial charge on any atom is 0.331 e. The van der Waals surface area contributed by atoms with Gasteiger partial charge in [0.1, 0.15) is 11.9 Å². The number of ether oxygens (including phenoxy) is 2. The molecule has 0 bridgehead atoms. The molecule has 2 aromatic rings. The number of methoxy groups -OCH3 is 2. The van der Waals surface area contributed by atoms with Crippen LogP contribution in [-0.2, 0) is 9.53 Å². The number of hydrogen-bond donors (Lipinski definition) is 2. The summed E-state index contributed by atoms with van der Waals surface area (Å²) in [5.74, 6) is -0.830. The second-order valence-electron chi connectivity index (χ2n) is 4.80. The molecule has 128 valence electrons. The van der Waals surface area contributed by atoms with Gasteiger partial charge in [-0.3, -0.25) is 4.79 Å². The molecule has 24 heavy (non-hydrogen) atoms. The van der Waals surface area contributed by atoms with Crippen LogP contribution >= 0.6 is 15.9 Å². The van der Waals surface area contributed by atoms with Gasteiger partial charge in [0.05, 0.1) is 14.2 Å². The predicted octanol–water partition coefficient (Wildman–Crippen LogP) is 2.06. The third kappa shape index (κ3) is 4.15. The van der Waals surface area contributed by atoms with Gasteiger partial charge in [0.2, 0.25) is 0 Å². The average Bonchev–Trinajstić information content (AvgIpc) is 3.05.